The molecule has 0 amide bonds. The van der Waals surface area contributed by atoms with Crippen LogP contribution >= 0.6 is 0 Å². The van der Waals surface area contributed by atoms with E-state index in [1.807, 2.05) is 30.3 Å². The normalized spacial score (nSPS) is 10.2. The molecule has 3 aromatic carbocycles. The largest absolute Gasteiger partial charge is 1.00 e. The fourth-order valence-corrected chi connectivity index (χ4v) is 3.74. The summed E-state index contributed by atoms with van der Waals surface area (Å²) in [5.41, 5.74) is 10.4. The van der Waals surface area contributed by atoms with Crippen LogP contribution in [0.5, 0.6) is 11.5 Å². The van der Waals surface area contributed by atoms with Crippen molar-refractivity contribution in [1.82, 2.24) is 0 Å². The molecule has 0 aliphatic carbocycles. The quantitative estimate of drug-likeness (QED) is 0.260. The molecule has 9 heteroatoms. The minimum Gasteiger partial charge on any atom is -0.870 e. The van der Waals surface area contributed by atoms with Gasteiger partial charge in [0.05, 0.1) is 18.1 Å². The van der Waals surface area contributed by atoms with Gasteiger partial charge in [-0.1, -0.05) is 36.4 Å². The number of carbonyl (C=O) groups is 1. The summed E-state index contributed by atoms with van der Waals surface area (Å²) in [6.07, 6.45) is 3.15. The molecule has 176 valence electrons. The summed E-state index contributed by atoms with van der Waals surface area (Å²) >= 11 is 0. The maximum atomic E-state index is 11.2. The Labute approximate surface area is 214 Å². The molecule has 0 saturated heterocycles. The van der Waals surface area contributed by atoms with E-state index in [1.54, 1.807) is 42.9 Å². The Kier molecular flexibility index (Phi) is 10.1. The first-order chi connectivity index (χ1) is 16.1. The van der Waals surface area contributed by atoms with Crippen molar-refractivity contribution in [2.75, 3.05) is 6.61 Å². The molecule has 4 rings (SSSR count). The van der Waals surface area contributed by atoms with Crippen LogP contribution in [0.4, 0.5) is 0 Å². The molecule has 0 unspecified atom stereocenters. The van der Waals surface area contributed by atoms with Crippen LogP contribution in [-0.2, 0) is 29.2 Å². The Bertz CT molecular complexity index is 1300. The van der Waals surface area contributed by atoms with Gasteiger partial charge in [-0.25, -0.2) is 6.29 Å². The van der Waals surface area contributed by atoms with Crippen LogP contribution in [0.3, 0.4) is 0 Å². The summed E-state index contributed by atoms with van der Waals surface area (Å²) < 4.78 is 17.5. The number of carboxylic acids is 1. The van der Waals surface area contributed by atoms with Crippen molar-refractivity contribution < 1.29 is 52.9 Å². The van der Waals surface area contributed by atoms with Crippen LogP contribution in [-0.4, -0.2) is 29.4 Å². The topological polar surface area (TPSA) is 142 Å². The van der Waals surface area contributed by atoms with E-state index >= 15 is 0 Å². The van der Waals surface area contributed by atoms with E-state index in [2.05, 4.69) is 0 Å². The number of nitrogens with two attached hydrogens (primary N) is 1. The molecule has 4 aromatic rings. The van der Waals surface area contributed by atoms with E-state index in [4.69, 9.17) is 19.6 Å². The van der Waals surface area contributed by atoms with Crippen molar-refractivity contribution in [3.8, 4) is 22.6 Å². The molecule has 0 aliphatic heterocycles. The predicted octanol–water partition coefficient (Wildman–Crippen LogP) is 1.08. The Morgan fingerprint density at radius 2 is 1.83 bits per heavy atom. The van der Waals surface area contributed by atoms with Gasteiger partial charge in [0.25, 0.3) is 0 Å². The van der Waals surface area contributed by atoms with Crippen molar-refractivity contribution in [3.05, 3.63) is 83.6 Å². The molecule has 0 radical (unpaired) electrons. The molecular formula is C26H23LiNO7-. The van der Waals surface area contributed by atoms with Crippen molar-refractivity contribution in [2.45, 2.75) is 19.6 Å². The number of carboxylic acid groups (broad SMARTS) is 1. The molecule has 1 aromatic heterocycles. The van der Waals surface area contributed by atoms with Crippen LogP contribution < -0.4 is 34.1 Å². The predicted molar refractivity (Wildman–Crippen MR) is 125 cm³/mol. The van der Waals surface area contributed by atoms with Gasteiger partial charge in [-0.3, -0.25) is 4.79 Å². The van der Waals surface area contributed by atoms with Gasteiger partial charge in [0.15, 0.2) is 0 Å². The molecule has 4 N–H and O–H groups in total. The minimum absolute atomic E-state index is 0. The Morgan fingerprint density at radius 1 is 1.03 bits per heavy atom. The number of fused-ring (bicyclic) bond motifs is 1. The zero-order valence-electron chi connectivity index (χ0n) is 19.2. The van der Waals surface area contributed by atoms with Gasteiger partial charge < -0.3 is 35.0 Å². The molecule has 0 aliphatic rings. The zero-order chi connectivity index (χ0) is 23.2. The van der Waals surface area contributed by atoms with E-state index in [0.29, 0.717) is 40.1 Å². The van der Waals surface area contributed by atoms with Crippen molar-refractivity contribution in [2.24, 2.45) is 5.73 Å². The number of para-hydroxylation sites is 1. The second-order valence-corrected chi connectivity index (χ2v) is 7.38. The van der Waals surface area contributed by atoms with Crippen LogP contribution in [0.1, 0.15) is 16.7 Å². The fourth-order valence-electron chi connectivity index (χ4n) is 3.74. The van der Waals surface area contributed by atoms with Gasteiger partial charge in [0, 0.05) is 23.2 Å². The summed E-state index contributed by atoms with van der Waals surface area (Å²) in [7, 11) is 0. The van der Waals surface area contributed by atoms with Crippen LogP contribution in [0.25, 0.3) is 22.1 Å². The van der Waals surface area contributed by atoms with Gasteiger partial charge in [-0.05, 0) is 42.0 Å². The summed E-state index contributed by atoms with van der Waals surface area (Å²) in [5, 5.41) is 9.88. The van der Waals surface area contributed by atoms with Gasteiger partial charge >= 0.3 is 24.8 Å². The SMILES string of the molecule is NCc1cccc(-c2cc(COc3ccccc3CC(=O)O)c(OC[C-]=O)c3ccoc23)c1.[Li+].[OH-]. The monoisotopic (exact) mass is 468 g/mol. The number of ether oxygens (including phenoxy) is 2. The van der Waals surface area contributed by atoms with Gasteiger partial charge in [0.2, 0.25) is 0 Å². The Balaban J connectivity index is 0.00000216. The second kappa shape index (κ2) is 12.8. The summed E-state index contributed by atoms with van der Waals surface area (Å²) in [5.74, 6) is -0.0261. The summed E-state index contributed by atoms with van der Waals surface area (Å²) in [4.78, 5) is 22.1. The van der Waals surface area contributed by atoms with Crippen LogP contribution in [0, 0.1) is 0 Å². The van der Waals surface area contributed by atoms with E-state index in [0.717, 1.165) is 16.7 Å². The van der Waals surface area contributed by atoms with Crippen LogP contribution in [0.2, 0.25) is 0 Å². The minimum atomic E-state index is -0.946. The second-order valence-electron chi connectivity index (χ2n) is 7.38. The number of carbonyl (C=O) groups excluding carboxylic acids is 1. The smallest absolute Gasteiger partial charge is 0.870 e. The fraction of sp³-hybridized carbons (Fsp3) is 0.154. The molecule has 0 bridgehead atoms. The first kappa shape index (κ1) is 27.7. The maximum absolute atomic E-state index is 11.2. The Morgan fingerprint density at radius 3 is 2.57 bits per heavy atom. The molecule has 0 saturated carbocycles. The zero-order valence-corrected chi connectivity index (χ0v) is 19.2. The standard InChI is InChI=1S/C26H22NO6.Li.H2O/c27-15-17-4-3-6-18(12-17)22-13-20(25(32-11-9-28)21-8-10-31-26(21)22)16-33-23-7-2-1-5-19(23)14-24(29)30;;/h1-8,10,12-13H,11,14-16,27H2,(H,29,30);;1H2/q-1;+1;/p-1. The Hall–Kier alpha value is -3.54. The third kappa shape index (κ3) is 6.32. The number of rotatable bonds is 10. The summed E-state index contributed by atoms with van der Waals surface area (Å²) in [6, 6.07) is 18.5. The third-order valence-corrected chi connectivity index (χ3v) is 5.21. The number of hydrogen-bond acceptors (Lipinski definition) is 7. The van der Waals surface area contributed by atoms with Crippen molar-refractivity contribution in [1.29, 1.82) is 0 Å². The number of furan rings is 1. The molecule has 8 nitrogen and oxygen atoms in total. The molecule has 0 spiro atoms. The van der Waals surface area contributed by atoms with Crippen molar-refractivity contribution >= 4 is 23.2 Å². The average molecular weight is 468 g/mol. The average Bonchev–Trinajstić information content (AvgIpc) is 3.31. The first-order valence-electron chi connectivity index (χ1n) is 10.3. The van der Waals surface area contributed by atoms with Gasteiger partial charge in [-0.2, -0.15) is 0 Å². The first-order valence-corrected chi connectivity index (χ1v) is 10.3. The van der Waals surface area contributed by atoms with Crippen molar-refractivity contribution in [3.63, 3.8) is 0 Å². The van der Waals surface area contributed by atoms with E-state index < -0.39 is 5.97 Å². The van der Waals surface area contributed by atoms with E-state index in [1.165, 1.54) is 0 Å². The maximum Gasteiger partial charge on any atom is 1.00 e. The molecule has 35 heavy (non-hydrogen) atoms. The van der Waals surface area contributed by atoms with Gasteiger partial charge in [-0.15, -0.1) is 0 Å². The molecule has 1 heterocycles. The summed E-state index contributed by atoms with van der Waals surface area (Å²) in [6.45, 7) is 0.252. The molecule has 0 atom stereocenters. The molecular weight excluding hydrogens is 445 g/mol. The third-order valence-electron chi connectivity index (χ3n) is 5.21. The van der Waals surface area contributed by atoms with Crippen LogP contribution in [0.15, 0.2) is 71.3 Å². The van der Waals surface area contributed by atoms with Gasteiger partial charge in [0.1, 0.15) is 23.7 Å². The number of hydrogen-bond donors (Lipinski definition) is 2. The number of benzene rings is 3. The molecule has 0 fully saturated rings. The van der Waals surface area contributed by atoms with E-state index in [9.17, 15) is 14.7 Å². The number of aliphatic carboxylic acids is 1. The van der Waals surface area contributed by atoms with E-state index in [-0.39, 0.29) is 44.0 Å².